The van der Waals surface area contributed by atoms with Crippen LogP contribution in [-0.4, -0.2) is 31.7 Å². The first-order valence-electron chi connectivity index (χ1n) is 14.6. The summed E-state index contributed by atoms with van der Waals surface area (Å²) in [7, 11) is 0. The lowest BCUT2D eigenvalue weighted by Crippen LogP contribution is -2.21. The van der Waals surface area contributed by atoms with Crippen molar-refractivity contribution < 1.29 is 13.9 Å². The summed E-state index contributed by atoms with van der Waals surface area (Å²) in [6.45, 7) is 13.0. The van der Waals surface area contributed by atoms with E-state index in [1.807, 2.05) is 36.4 Å². The highest BCUT2D eigenvalue weighted by atomic mass is 16.5. The van der Waals surface area contributed by atoms with Gasteiger partial charge in [-0.05, 0) is 69.5 Å². The van der Waals surface area contributed by atoms with Gasteiger partial charge in [0.15, 0.2) is 0 Å². The highest BCUT2D eigenvalue weighted by Crippen LogP contribution is 2.42. The summed E-state index contributed by atoms with van der Waals surface area (Å²) in [5.41, 5.74) is 5.24. The van der Waals surface area contributed by atoms with Crippen molar-refractivity contribution in [2.24, 2.45) is 4.99 Å². The van der Waals surface area contributed by atoms with Gasteiger partial charge in [-0.2, -0.15) is 0 Å². The normalized spacial score (nSPS) is 12.7. The summed E-state index contributed by atoms with van der Waals surface area (Å²) in [4.78, 5) is 20.4. The molecule has 2 aliphatic rings. The van der Waals surface area contributed by atoms with Crippen molar-refractivity contribution in [3.8, 4) is 22.5 Å². The minimum atomic E-state index is -0.285. The van der Waals surface area contributed by atoms with E-state index in [9.17, 15) is 4.79 Å². The van der Waals surface area contributed by atoms with Gasteiger partial charge in [0.25, 0.3) is 0 Å². The summed E-state index contributed by atoms with van der Waals surface area (Å²) in [5.74, 6) is 0.467. The minimum absolute atomic E-state index is 0.226. The second-order valence-electron chi connectivity index (χ2n) is 10.1. The van der Waals surface area contributed by atoms with Crippen LogP contribution in [0, 0.1) is 0 Å². The van der Waals surface area contributed by atoms with E-state index in [0.717, 1.165) is 89.7 Å². The Morgan fingerprint density at radius 2 is 1.72 bits per heavy atom. The van der Waals surface area contributed by atoms with Crippen molar-refractivity contribution in [2.45, 2.75) is 72.8 Å². The molecule has 39 heavy (non-hydrogen) atoms. The second kappa shape index (κ2) is 13.5. The molecule has 206 valence electrons. The molecule has 0 saturated carbocycles. The smallest absolute Gasteiger partial charge is 0.338 e. The lowest BCUT2D eigenvalue weighted by Gasteiger charge is -2.22. The molecule has 0 fully saturated rings. The van der Waals surface area contributed by atoms with Gasteiger partial charge in [-0.25, -0.2) is 4.79 Å². The maximum Gasteiger partial charge on any atom is 0.338 e. The van der Waals surface area contributed by atoms with Gasteiger partial charge in [0.05, 0.1) is 17.5 Å². The largest absolute Gasteiger partial charge is 0.462 e. The van der Waals surface area contributed by atoms with Crippen LogP contribution in [0.15, 0.2) is 70.1 Å². The quantitative estimate of drug-likeness (QED) is 0.105. The average molecular weight is 527 g/mol. The third kappa shape index (κ3) is 6.52. The Morgan fingerprint density at radius 1 is 0.923 bits per heavy atom. The maximum atomic E-state index is 13.3. The number of carbonyl (C=O) groups excluding carboxylic acids is 1. The standard InChI is InChI=1S/C34H42N2O3/c1-6-10-11-14-21-38-34(37)28-16-13-12-15-27(28)33-29-19-17-25(35-24(5)7-2)22-31(29)39-32-23-26(18-20-30(32)33)36(8-3)9-4/h12-13,15-20,22-24H,6-11,14,21H2,1-5H3/b35-25+. The van der Waals surface area contributed by atoms with Crippen molar-refractivity contribution in [3.05, 3.63) is 71.6 Å². The molecule has 0 amide bonds. The van der Waals surface area contributed by atoms with Crippen LogP contribution < -0.4 is 10.3 Å². The summed E-state index contributed by atoms with van der Waals surface area (Å²) in [6, 6.07) is 20.5. The van der Waals surface area contributed by atoms with Crippen molar-refractivity contribution in [2.75, 3.05) is 24.6 Å². The van der Waals surface area contributed by atoms with Crippen molar-refractivity contribution in [3.63, 3.8) is 0 Å². The third-order valence-corrected chi connectivity index (χ3v) is 7.43. The summed E-state index contributed by atoms with van der Waals surface area (Å²) in [6.07, 6.45) is 5.23. The maximum absolute atomic E-state index is 13.3. The van der Waals surface area contributed by atoms with Crippen molar-refractivity contribution in [1.29, 1.82) is 0 Å². The van der Waals surface area contributed by atoms with E-state index in [2.05, 4.69) is 63.8 Å². The van der Waals surface area contributed by atoms with Crippen molar-refractivity contribution in [1.82, 2.24) is 0 Å². The lowest BCUT2D eigenvalue weighted by molar-refractivity contribution is 0.0498. The Labute approximate surface area is 232 Å². The fraction of sp³-hybridized carbons (Fsp3) is 0.412. The molecule has 5 nitrogen and oxygen atoms in total. The first-order valence-corrected chi connectivity index (χ1v) is 14.6. The molecule has 1 unspecified atom stereocenters. The fourth-order valence-electron chi connectivity index (χ4n) is 5.02. The Balaban J connectivity index is 1.90. The number of nitrogens with zero attached hydrogens (tertiary/aromatic N) is 2. The Morgan fingerprint density at radius 3 is 2.46 bits per heavy atom. The molecule has 0 aromatic heterocycles. The predicted octanol–water partition coefficient (Wildman–Crippen LogP) is 8.49. The van der Waals surface area contributed by atoms with Crippen LogP contribution in [0.3, 0.4) is 0 Å². The number of esters is 1. The molecule has 0 N–H and O–H groups in total. The molecule has 4 rings (SSSR count). The van der Waals surface area contributed by atoms with Gasteiger partial charge in [-0.15, -0.1) is 0 Å². The number of hydrogen-bond acceptors (Lipinski definition) is 5. The van der Waals surface area contributed by atoms with Gasteiger partial charge in [0.2, 0.25) is 0 Å². The number of carbonyl (C=O) groups is 1. The van der Waals surface area contributed by atoms with Crippen LogP contribution in [-0.2, 0) is 4.74 Å². The zero-order chi connectivity index (χ0) is 27.8. The van der Waals surface area contributed by atoms with E-state index in [4.69, 9.17) is 14.1 Å². The molecular weight excluding hydrogens is 484 g/mol. The second-order valence-corrected chi connectivity index (χ2v) is 10.1. The van der Waals surface area contributed by atoms with Crippen LogP contribution in [0.2, 0.25) is 0 Å². The van der Waals surface area contributed by atoms with E-state index in [0.29, 0.717) is 12.2 Å². The third-order valence-electron chi connectivity index (χ3n) is 7.43. The molecule has 0 saturated heterocycles. The van der Waals surface area contributed by atoms with Gasteiger partial charge in [0.1, 0.15) is 11.3 Å². The number of anilines is 1. The Kier molecular flexibility index (Phi) is 9.80. The van der Waals surface area contributed by atoms with Crippen molar-refractivity contribution >= 4 is 22.6 Å². The van der Waals surface area contributed by atoms with Crippen LogP contribution >= 0.6 is 0 Å². The number of fused-ring (bicyclic) bond motifs is 2. The molecule has 1 heterocycles. The SMILES string of the molecule is CCCCCCOC(=O)c1ccccc1-c1c2cc/c(=N\C(C)CC)cc-2oc2cc(N(CC)CC)ccc12. The first-order chi connectivity index (χ1) is 19.0. The highest BCUT2D eigenvalue weighted by molar-refractivity contribution is 6.08. The van der Waals surface area contributed by atoms with E-state index in [-0.39, 0.29) is 12.0 Å². The minimum Gasteiger partial charge on any atom is -0.462 e. The van der Waals surface area contributed by atoms with Crippen LogP contribution in [0.25, 0.3) is 33.4 Å². The van der Waals surface area contributed by atoms with Gasteiger partial charge in [-0.3, -0.25) is 4.99 Å². The summed E-state index contributed by atoms with van der Waals surface area (Å²) < 4.78 is 12.3. The molecule has 0 spiro atoms. The summed E-state index contributed by atoms with van der Waals surface area (Å²) in [5, 5.41) is 1.86. The topological polar surface area (TPSA) is 55.0 Å². The number of ether oxygens (including phenoxy) is 1. The van der Waals surface area contributed by atoms with Crippen LogP contribution in [0.5, 0.6) is 0 Å². The monoisotopic (exact) mass is 526 g/mol. The molecule has 5 heteroatoms. The highest BCUT2D eigenvalue weighted by Gasteiger charge is 2.22. The molecule has 1 aliphatic heterocycles. The molecule has 0 bridgehead atoms. The van der Waals surface area contributed by atoms with E-state index in [1.165, 1.54) is 0 Å². The number of rotatable bonds is 12. The fourth-order valence-corrected chi connectivity index (χ4v) is 5.02. The average Bonchev–Trinajstić information content (AvgIpc) is 2.96. The number of benzene rings is 3. The van der Waals surface area contributed by atoms with Gasteiger partial charge in [0, 0.05) is 53.5 Å². The van der Waals surface area contributed by atoms with Crippen LogP contribution in [0.4, 0.5) is 5.69 Å². The molecule has 2 aromatic carbocycles. The Bertz CT molecular complexity index is 1430. The van der Waals surface area contributed by atoms with Gasteiger partial charge in [-0.1, -0.05) is 51.3 Å². The van der Waals surface area contributed by atoms with E-state index < -0.39 is 0 Å². The zero-order valence-corrected chi connectivity index (χ0v) is 24.1. The molecule has 0 radical (unpaired) electrons. The van der Waals surface area contributed by atoms with E-state index in [1.54, 1.807) is 0 Å². The van der Waals surface area contributed by atoms with Gasteiger partial charge >= 0.3 is 5.97 Å². The molecular formula is C34H42N2O3. The molecule has 1 atom stereocenters. The van der Waals surface area contributed by atoms with Crippen LogP contribution in [0.1, 0.15) is 77.1 Å². The Hall–Kier alpha value is -3.60. The first kappa shape index (κ1) is 28.4. The number of unbranched alkanes of at least 4 members (excludes halogenated alkanes) is 3. The van der Waals surface area contributed by atoms with E-state index >= 15 is 0 Å². The predicted molar refractivity (Wildman–Crippen MR) is 162 cm³/mol. The lowest BCUT2D eigenvalue weighted by atomic mass is 9.90. The molecule has 2 aromatic rings. The zero-order valence-electron chi connectivity index (χ0n) is 24.1. The number of hydrogen-bond donors (Lipinski definition) is 0. The summed E-state index contributed by atoms with van der Waals surface area (Å²) >= 11 is 0. The van der Waals surface area contributed by atoms with Gasteiger partial charge < -0.3 is 14.1 Å². The molecule has 1 aliphatic carbocycles.